The van der Waals surface area contributed by atoms with E-state index in [4.69, 9.17) is 5.73 Å². The van der Waals surface area contributed by atoms with Crippen LogP contribution in [0, 0.1) is 5.92 Å². The molecule has 16 heavy (non-hydrogen) atoms. The van der Waals surface area contributed by atoms with Crippen LogP contribution < -0.4 is 5.73 Å². The van der Waals surface area contributed by atoms with Gasteiger partial charge < -0.3 is 5.73 Å². The Balaban J connectivity index is 2.05. The maximum absolute atomic E-state index is 5.83. The zero-order valence-electron chi connectivity index (χ0n) is 10.3. The van der Waals surface area contributed by atoms with Crippen molar-refractivity contribution < 1.29 is 0 Å². The maximum Gasteiger partial charge on any atom is 0.0320 e. The highest BCUT2D eigenvalue weighted by atomic mass is 15.1. The van der Waals surface area contributed by atoms with Gasteiger partial charge in [0, 0.05) is 18.3 Å². The molecule has 1 aliphatic rings. The normalized spacial score (nSPS) is 17.7. The van der Waals surface area contributed by atoms with Crippen LogP contribution in [-0.4, -0.2) is 18.0 Å². The third kappa shape index (κ3) is 2.76. The van der Waals surface area contributed by atoms with E-state index in [1.165, 1.54) is 24.9 Å². The van der Waals surface area contributed by atoms with Gasteiger partial charge in [0.1, 0.15) is 0 Å². The van der Waals surface area contributed by atoms with Gasteiger partial charge in [0.25, 0.3) is 0 Å². The second-order valence-corrected chi connectivity index (χ2v) is 4.88. The van der Waals surface area contributed by atoms with Gasteiger partial charge in [-0.15, -0.1) is 0 Å². The fraction of sp³-hybridized carbons (Fsp3) is 0.571. The Labute approximate surface area is 98.4 Å². The van der Waals surface area contributed by atoms with Gasteiger partial charge in [0.05, 0.1) is 0 Å². The minimum atomic E-state index is 0.481. The van der Waals surface area contributed by atoms with Crippen molar-refractivity contribution in [1.29, 1.82) is 0 Å². The van der Waals surface area contributed by atoms with E-state index in [-0.39, 0.29) is 0 Å². The van der Waals surface area contributed by atoms with Gasteiger partial charge in [-0.05, 0) is 49.9 Å². The van der Waals surface area contributed by atoms with Crippen molar-refractivity contribution in [3.05, 3.63) is 29.8 Å². The number of anilines is 1. The van der Waals surface area contributed by atoms with Crippen molar-refractivity contribution in [3.63, 3.8) is 0 Å². The number of hydrogen-bond acceptors (Lipinski definition) is 2. The lowest BCUT2D eigenvalue weighted by Gasteiger charge is -2.28. The first kappa shape index (κ1) is 11.5. The van der Waals surface area contributed by atoms with Crippen molar-refractivity contribution in [2.45, 2.75) is 32.7 Å². The van der Waals surface area contributed by atoms with Crippen LogP contribution in [0.5, 0.6) is 0 Å². The molecule has 1 aliphatic carbocycles. The highest BCUT2D eigenvalue weighted by Crippen LogP contribution is 2.32. The lowest BCUT2D eigenvalue weighted by Crippen LogP contribution is -2.28. The summed E-state index contributed by atoms with van der Waals surface area (Å²) in [5.74, 6) is 0.948. The topological polar surface area (TPSA) is 29.3 Å². The number of benzene rings is 1. The smallest absolute Gasteiger partial charge is 0.0320 e. The first-order chi connectivity index (χ1) is 7.70. The molecule has 1 saturated carbocycles. The molecular weight excluding hydrogens is 196 g/mol. The lowest BCUT2D eigenvalue weighted by molar-refractivity contribution is 0.213. The molecule has 1 unspecified atom stereocenters. The average Bonchev–Trinajstić information content (AvgIpc) is 3.09. The molecule has 0 aromatic heterocycles. The van der Waals surface area contributed by atoms with Crippen LogP contribution >= 0.6 is 0 Å². The van der Waals surface area contributed by atoms with Crippen molar-refractivity contribution >= 4 is 5.69 Å². The van der Waals surface area contributed by atoms with Gasteiger partial charge in [-0.1, -0.05) is 19.1 Å². The van der Waals surface area contributed by atoms with Gasteiger partial charge in [0.2, 0.25) is 0 Å². The Morgan fingerprint density at radius 2 is 2.19 bits per heavy atom. The molecule has 0 bridgehead atoms. The molecule has 2 N–H and O–H groups in total. The molecule has 1 aromatic carbocycles. The SMILES string of the molecule is CCN(CC1CC1)C(C)c1cccc(N)c1. The Hall–Kier alpha value is -1.02. The summed E-state index contributed by atoms with van der Waals surface area (Å²) in [4.78, 5) is 2.55. The average molecular weight is 218 g/mol. The summed E-state index contributed by atoms with van der Waals surface area (Å²) in [5, 5.41) is 0. The molecule has 0 saturated heterocycles. The predicted molar refractivity (Wildman–Crippen MR) is 69.2 cm³/mol. The Morgan fingerprint density at radius 1 is 1.44 bits per heavy atom. The molecule has 1 atom stereocenters. The highest BCUT2D eigenvalue weighted by molar-refractivity contribution is 5.41. The minimum Gasteiger partial charge on any atom is -0.399 e. The van der Waals surface area contributed by atoms with Crippen LogP contribution in [0.1, 0.15) is 38.3 Å². The van der Waals surface area contributed by atoms with Crippen LogP contribution in [0.4, 0.5) is 5.69 Å². The lowest BCUT2D eigenvalue weighted by atomic mass is 10.1. The van der Waals surface area contributed by atoms with Gasteiger partial charge in [0.15, 0.2) is 0 Å². The van der Waals surface area contributed by atoms with Crippen LogP contribution in [-0.2, 0) is 0 Å². The molecular formula is C14H22N2. The van der Waals surface area contributed by atoms with E-state index in [1.54, 1.807) is 0 Å². The standard InChI is InChI=1S/C14H22N2/c1-3-16(10-12-7-8-12)11(2)13-5-4-6-14(15)9-13/h4-6,9,11-12H,3,7-8,10,15H2,1-2H3. The third-order valence-corrected chi connectivity index (χ3v) is 3.54. The van der Waals surface area contributed by atoms with Crippen LogP contribution in [0.25, 0.3) is 0 Å². The maximum atomic E-state index is 5.83. The van der Waals surface area contributed by atoms with E-state index in [9.17, 15) is 0 Å². The molecule has 2 nitrogen and oxygen atoms in total. The van der Waals surface area contributed by atoms with Gasteiger partial charge in [-0.25, -0.2) is 0 Å². The van der Waals surface area contributed by atoms with E-state index in [1.807, 2.05) is 12.1 Å². The fourth-order valence-corrected chi connectivity index (χ4v) is 2.22. The van der Waals surface area contributed by atoms with Crippen LogP contribution in [0.15, 0.2) is 24.3 Å². The molecule has 2 rings (SSSR count). The number of rotatable bonds is 5. The summed E-state index contributed by atoms with van der Waals surface area (Å²) < 4.78 is 0. The first-order valence-electron chi connectivity index (χ1n) is 6.30. The molecule has 0 radical (unpaired) electrons. The van der Waals surface area contributed by atoms with Crippen molar-refractivity contribution in [2.75, 3.05) is 18.8 Å². The second-order valence-electron chi connectivity index (χ2n) is 4.88. The monoisotopic (exact) mass is 218 g/mol. The molecule has 0 amide bonds. The third-order valence-electron chi connectivity index (χ3n) is 3.54. The number of nitrogens with zero attached hydrogens (tertiary/aromatic N) is 1. The summed E-state index contributed by atoms with van der Waals surface area (Å²) >= 11 is 0. The largest absolute Gasteiger partial charge is 0.399 e. The van der Waals surface area contributed by atoms with Crippen molar-refractivity contribution in [3.8, 4) is 0 Å². The van der Waals surface area contributed by atoms with Crippen molar-refractivity contribution in [2.24, 2.45) is 5.92 Å². The zero-order chi connectivity index (χ0) is 11.5. The highest BCUT2D eigenvalue weighted by Gasteiger charge is 2.26. The molecule has 88 valence electrons. The molecule has 2 heteroatoms. The van der Waals surface area contributed by atoms with Gasteiger partial charge >= 0.3 is 0 Å². The number of nitrogen functional groups attached to an aromatic ring is 1. The summed E-state index contributed by atoms with van der Waals surface area (Å²) in [6.07, 6.45) is 2.83. The summed E-state index contributed by atoms with van der Waals surface area (Å²) in [5.41, 5.74) is 8.04. The second kappa shape index (κ2) is 4.88. The van der Waals surface area contributed by atoms with E-state index >= 15 is 0 Å². The molecule has 0 aliphatic heterocycles. The van der Waals surface area contributed by atoms with E-state index < -0.39 is 0 Å². The van der Waals surface area contributed by atoms with Gasteiger partial charge in [-0.3, -0.25) is 4.90 Å². The Morgan fingerprint density at radius 3 is 2.75 bits per heavy atom. The molecule has 0 heterocycles. The first-order valence-corrected chi connectivity index (χ1v) is 6.30. The van der Waals surface area contributed by atoms with Crippen molar-refractivity contribution in [1.82, 2.24) is 4.90 Å². The summed E-state index contributed by atoms with van der Waals surface area (Å²) in [6.45, 7) is 6.88. The quantitative estimate of drug-likeness (QED) is 0.770. The molecule has 1 fully saturated rings. The number of hydrogen-bond donors (Lipinski definition) is 1. The summed E-state index contributed by atoms with van der Waals surface area (Å²) in [7, 11) is 0. The fourth-order valence-electron chi connectivity index (χ4n) is 2.22. The van der Waals surface area contributed by atoms with Crippen LogP contribution in [0.3, 0.4) is 0 Å². The van der Waals surface area contributed by atoms with E-state index in [0.717, 1.165) is 18.2 Å². The number of nitrogens with two attached hydrogens (primary N) is 1. The van der Waals surface area contributed by atoms with E-state index in [2.05, 4.69) is 30.9 Å². The molecule has 1 aromatic rings. The Bertz CT molecular complexity index is 344. The Kier molecular flexibility index (Phi) is 3.49. The minimum absolute atomic E-state index is 0.481. The van der Waals surface area contributed by atoms with Crippen LogP contribution in [0.2, 0.25) is 0 Å². The summed E-state index contributed by atoms with van der Waals surface area (Å²) in [6, 6.07) is 8.75. The predicted octanol–water partition coefficient (Wildman–Crippen LogP) is 3.06. The van der Waals surface area contributed by atoms with Gasteiger partial charge in [-0.2, -0.15) is 0 Å². The molecule has 0 spiro atoms. The zero-order valence-corrected chi connectivity index (χ0v) is 10.3. The van der Waals surface area contributed by atoms with E-state index in [0.29, 0.717) is 6.04 Å².